The third-order valence-electron chi connectivity index (χ3n) is 4.72. The van der Waals surface area contributed by atoms with Crippen molar-refractivity contribution in [2.24, 2.45) is 5.92 Å². The summed E-state index contributed by atoms with van der Waals surface area (Å²) in [5.74, 6) is 0.812. The Bertz CT molecular complexity index is 529. The van der Waals surface area contributed by atoms with E-state index in [0.29, 0.717) is 0 Å². The van der Waals surface area contributed by atoms with Gasteiger partial charge in [0.15, 0.2) is 0 Å². The zero-order chi connectivity index (χ0) is 15.6. The molecule has 0 saturated heterocycles. The van der Waals surface area contributed by atoms with Crippen LogP contribution in [0.1, 0.15) is 77.3 Å². The summed E-state index contributed by atoms with van der Waals surface area (Å²) in [4.78, 5) is 0. The van der Waals surface area contributed by atoms with Crippen molar-refractivity contribution in [3.05, 3.63) is 30.0 Å². The SMILES string of the molecule is CCCCCCC(CCCCC)Cc1[nH]nc2ccccc12. The van der Waals surface area contributed by atoms with E-state index in [2.05, 4.69) is 48.3 Å². The Kier molecular flexibility index (Phi) is 7.48. The van der Waals surface area contributed by atoms with Gasteiger partial charge in [0, 0.05) is 11.1 Å². The van der Waals surface area contributed by atoms with Gasteiger partial charge in [-0.15, -0.1) is 0 Å². The molecule has 22 heavy (non-hydrogen) atoms. The zero-order valence-corrected chi connectivity index (χ0v) is 14.4. The number of hydrogen-bond acceptors (Lipinski definition) is 1. The first-order valence-electron chi connectivity index (χ1n) is 9.27. The Morgan fingerprint density at radius 2 is 1.59 bits per heavy atom. The second-order valence-corrected chi connectivity index (χ2v) is 6.63. The third kappa shape index (κ3) is 5.15. The maximum atomic E-state index is 4.45. The highest BCUT2D eigenvalue weighted by Crippen LogP contribution is 2.25. The molecule has 0 aliphatic rings. The molecule has 0 amide bonds. The predicted octanol–water partition coefficient (Wildman–Crippen LogP) is 6.27. The first-order valence-corrected chi connectivity index (χ1v) is 9.27. The molecule has 1 aromatic carbocycles. The predicted molar refractivity (Wildman–Crippen MR) is 96.2 cm³/mol. The van der Waals surface area contributed by atoms with Crippen molar-refractivity contribution in [3.8, 4) is 0 Å². The number of nitrogens with one attached hydrogen (secondary N) is 1. The van der Waals surface area contributed by atoms with Crippen LogP contribution in [-0.2, 0) is 6.42 Å². The van der Waals surface area contributed by atoms with Crippen molar-refractivity contribution in [1.82, 2.24) is 10.2 Å². The highest BCUT2D eigenvalue weighted by Gasteiger charge is 2.13. The molecule has 0 bridgehead atoms. The summed E-state index contributed by atoms with van der Waals surface area (Å²) in [5, 5.41) is 9.06. The van der Waals surface area contributed by atoms with E-state index >= 15 is 0 Å². The van der Waals surface area contributed by atoms with E-state index in [-0.39, 0.29) is 0 Å². The van der Waals surface area contributed by atoms with Crippen molar-refractivity contribution in [3.63, 3.8) is 0 Å². The highest BCUT2D eigenvalue weighted by atomic mass is 15.1. The average molecular weight is 300 g/mol. The normalized spacial score (nSPS) is 12.8. The van der Waals surface area contributed by atoms with E-state index in [0.717, 1.165) is 17.9 Å². The van der Waals surface area contributed by atoms with Crippen LogP contribution in [0.2, 0.25) is 0 Å². The standard InChI is InChI=1S/C20H32N2/c1-3-5-7-9-13-17(12-8-6-4-2)16-20-18-14-10-11-15-19(18)21-22-20/h10-11,14-15,17H,3-9,12-13,16H2,1-2H3,(H,21,22). The molecule has 0 fully saturated rings. The molecule has 1 aromatic heterocycles. The van der Waals surface area contributed by atoms with Gasteiger partial charge in [-0.05, 0) is 18.4 Å². The van der Waals surface area contributed by atoms with Crippen molar-refractivity contribution in [1.29, 1.82) is 0 Å². The average Bonchev–Trinajstić information content (AvgIpc) is 2.95. The van der Waals surface area contributed by atoms with Crippen LogP contribution in [0.15, 0.2) is 24.3 Å². The number of para-hydroxylation sites is 1. The van der Waals surface area contributed by atoms with Gasteiger partial charge in [0.25, 0.3) is 0 Å². The minimum absolute atomic E-state index is 0.812. The quantitative estimate of drug-likeness (QED) is 0.486. The maximum absolute atomic E-state index is 4.45. The summed E-state index contributed by atoms with van der Waals surface area (Å²) in [5.41, 5.74) is 2.45. The first kappa shape index (κ1) is 17.1. The fraction of sp³-hybridized carbons (Fsp3) is 0.650. The van der Waals surface area contributed by atoms with Crippen molar-refractivity contribution in [2.45, 2.75) is 78.1 Å². The van der Waals surface area contributed by atoms with E-state index in [1.165, 1.54) is 68.9 Å². The van der Waals surface area contributed by atoms with Crippen LogP contribution in [0.5, 0.6) is 0 Å². The van der Waals surface area contributed by atoms with Crippen LogP contribution in [0.4, 0.5) is 0 Å². The molecule has 0 spiro atoms. The fourth-order valence-corrected chi connectivity index (χ4v) is 3.35. The van der Waals surface area contributed by atoms with Crippen LogP contribution < -0.4 is 0 Å². The second kappa shape index (κ2) is 9.66. The molecule has 2 rings (SSSR count). The molecule has 0 aliphatic carbocycles. The van der Waals surface area contributed by atoms with E-state index in [1.54, 1.807) is 0 Å². The molecule has 2 heteroatoms. The van der Waals surface area contributed by atoms with Crippen LogP contribution in [0, 0.1) is 5.92 Å². The molecule has 122 valence electrons. The molecule has 2 aromatic rings. The van der Waals surface area contributed by atoms with E-state index in [4.69, 9.17) is 0 Å². The highest BCUT2D eigenvalue weighted by molar-refractivity contribution is 5.81. The van der Waals surface area contributed by atoms with E-state index in [1.807, 2.05) is 0 Å². The topological polar surface area (TPSA) is 28.7 Å². The van der Waals surface area contributed by atoms with Crippen molar-refractivity contribution >= 4 is 10.9 Å². The molecule has 1 atom stereocenters. The zero-order valence-electron chi connectivity index (χ0n) is 14.4. The summed E-state index contributed by atoms with van der Waals surface area (Å²) in [6.07, 6.45) is 13.5. The number of H-pyrrole nitrogens is 1. The van der Waals surface area contributed by atoms with Gasteiger partial charge >= 0.3 is 0 Å². The Morgan fingerprint density at radius 3 is 2.36 bits per heavy atom. The number of unbranched alkanes of at least 4 members (excludes halogenated alkanes) is 5. The number of nitrogens with zero attached hydrogens (tertiary/aromatic N) is 1. The lowest BCUT2D eigenvalue weighted by atomic mass is 9.90. The molecule has 0 radical (unpaired) electrons. The Morgan fingerprint density at radius 1 is 0.909 bits per heavy atom. The van der Waals surface area contributed by atoms with Gasteiger partial charge in [-0.2, -0.15) is 5.10 Å². The molecule has 1 unspecified atom stereocenters. The Hall–Kier alpha value is -1.31. The molecule has 1 N–H and O–H groups in total. The Labute approximate surface area is 135 Å². The Balaban J connectivity index is 1.94. The van der Waals surface area contributed by atoms with Gasteiger partial charge in [-0.1, -0.05) is 89.8 Å². The van der Waals surface area contributed by atoms with E-state index < -0.39 is 0 Å². The van der Waals surface area contributed by atoms with Gasteiger partial charge in [0.2, 0.25) is 0 Å². The summed E-state index contributed by atoms with van der Waals surface area (Å²) in [7, 11) is 0. The fourth-order valence-electron chi connectivity index (χ4n) is 3.35. The number of rotatable bonds is 11. The number of benzene rings is 1. The summed E-state index contributed by atoms with van der Waals surface area (Å²) >= 11 is 0. The number of aromatic amines is 1. The monoisotopic (exact) mass is 300 g/mol. The van der Waals surface area contributed by atoms with Gasteiger partial charge in [-0.3, -0.25) is 5.10 Å². The van der Waals surface area contributed by atoms with E-state index in [9.17, 15) is 0 Å². The minimum atomic E-state index is 0.812. The summed E-state index contributed by atoms with van der Waals surface area (Å²) in [6, 6.07) is 8.49. The van der Waals surface area contributed by atoms with Gasteiger partial charge in [-0.25, -0.2) is 0 Å². The minimum Gasteiger partial charge on any atom is -0.281 e. The van der Waals surface area contributed by atoms with Crippen LogP contribution >= 0.6 is 0 Å². The number of fused-ring (bicyclic) bond motifs is 1. The lowest BCUT2D eigenvalue weighted by molar-refractivity contribution is 0.403. The molecular weight excluding hydrogens is 268 g/mol. The summed E-state index contributed by atoms with van der Waals surface area (Å²) < 4.78 is 0. The van der Waals surface area contributed by atoms with Crippen molar-refractivity contribution < 1.29 is 0 Å². The van der Waals surface area contributed by atoms with Crippen LogP contribution in [0.25, 0.3) is 10.9 Å². The van der Waals surface area contributed by atoms with Crippen molar-refractivity contribution in [2.75, 3.05) is 0 Å². The van der Waals surface area contributed by atoms with Crippen LogP contribution in [-0.4, -0.2) is 10.2 Å². The van der Waals surface area contributed by atoms with Crippen LogP contribution in [0.3, 0.4) is 0 Å². The van der Waals surface area contributed by atoms with Gasteiger partial charge in [0.05, 0.1) is 5.52 Å². The molecule has 2 nitrogen and oxygen atoms in total. The molecule has 0 saturated carbocycles. The maximum Gasteiger partial charge on any atom is 0.0923 e. The van der Waals surface area contributed by atoms with Gasteiger partial charge < -0.3 is 0 Å². The molecule has 0 aliphatic heterocycles. The number of aromatic nitrogens is 2. The second-order valence-electron chi connectivity index (χ2n) is 6.63. The summed E-state index contributed by atoms with van der Waals surface area (Å²) in [6.45, 7) is 4.58. The molecule has 1 heterocycles. The molecular formula is C20H32N2. The lowest BCUT2D eigenvalue weighted by Gasteiger charge is -2.16. The first-order chi connectivity index (χ1) is 10.8. The smallest absolute Gasteiger partial charge is 0.0923 e. The largest absolute Gasteiger partial charge is 0.281 e. The number of hydrogen-bond donors (Lipinski definition) is 1. The van der Waals surface area contributed by atoms with Gasteiger partial charge in [0.1, 0.15) is 0 Å². The third-order valence-corrected chi connectivity index (χ3v) is 4.72. The lowest BCUT2D eigenvalue weighted by Crippen LogP contribution is -2.06.